The number of piperidine rings is 1. The second-order valence-corrected chi connectivity index (χ2v) is 10.1. The molecule has 39 heavy (non-hydrogen) atoms. The number of ether oxygens (including phenoxy) is 1. The Morgan fingerprint density at radius 2 is 1.92 bits per heavy atom. The molecule has 1 fully saturated rings. The summed E-state index contributed by atoms with van der Waals surface area (Å²) >= 11 is 0. The molecule has 0 unspecified atom stereocenters. The predicted molar refractivity (Wildman–Crippen MR) is 150 cm³/mol. The quantitative estimate of drug-likeness (QED) is 0.344. The molecule has 3 aromatic rings. The molecular weight excluding hydrogens is 494 g/mol. The molecule has 2 aromatic carbocycles. The Bertz CT molecular complexity index is 1460. The summed E-state index contributed by atoms with van der Waals surface area (Å²) in [4.78, 5) is 39.0. The van der Waals surface area contributed by atoms with Crippen molar-refractivity contribution in [2.45, 2.75) is 39.3 Å². The van der Waals surface area contributed by atoms with Crippen LogP contribution >= 0.6 is 0 Å². The molecule has 0 aliphatic carbocycles. The summed E-state index contributed by atoms with van der Waals surface area (Å²) in [7, 11) is 0. The molecule has 0 saturated carbocycles. The van der Waals surface area contributed by atoms with Gasteiger partial charge in [0.25, 0.3) is 11.5 Å². The topological polar surface area (TPSA) is 105 Å². The fourth-order valence-electron chi connectivity index (χ4n) is 5.67. The van der Waals surface area contributed by atoms with Crippen LogP contribution in [0.2, 0.25) is 0 Å². The lowest BCUT2D eigenvalue weighted by atomic mass is 9.83. The van der Waals surface area contributed by atoms with Crippen LogP contribution in [0.5, 0.6) is 5.75 Å². The Morgan fingerprint density at radius 3 is 2.74 bits per heavy atom. The van der Waals surface area contributed by atoms with E-state index in [0.717, 1.165) is 55.2 Å². The second kappa shape index (κ2) is 11.7. The first-order chi connectivity index (χ1) is 18.9. The summed E-state index contributed by atoms with van der Waals surface area (Å²) in [5.41, 5.74) is 6.41. The number of carbonyl (C=O) groups is 2. The second-order valence-electron chi connectivity index (χ2n) is 10.1. The molecule has 5 rings (SSSR count). The van der Waals surface area contributed by atoms with E-state index in [-0.39, 0.29) is 11.5 Å². The van der Waals surface area contributed by atoms with Gasteiger partial charge in [-0.25, -0.2) is 5.43 Å². The molecule has 9 heteroatoms. The number of nitrogens with one attached hydrogen (secondary N) is 2. The number of pyridine rings is 1. The zero-order chi connectivity index (χ0) is 27.4. The highest BCUT2D eigenvalue weighted by molar-refractivity contribution is 6.03. The molecule has 1 aromatic heterocycles. The summed E-state index contributed by atoms with van der Waals surface area (Å²) in [6, 6.07) is 18.3. The fourth-order valence-corrected chi connectivity index (χ4v) is 5.67. The Kier molecular flexibility index (Phi) is 7.88. The molecular formula is C30H33N5O4. The van der Waals surface area contributed by atoms with E-state index in [1.54, 1.807) is 36.5 Å². The molecule has 2 N–H and O–H groups in total. The molecule has 9 nitrogen and oxygen atoms in total. The number of carbonyl (C=O) groups excluding carboxylic acids is 2. The Morgan fingerprint density at radius 1 is 1.08 bits per heavy atom. The average molecular weight is 528 g/mol. The Balaban J connectivity index is 1.29. The van der Waals surface area contributed by atoms with E-state index in [4.69, 9.17) is 4.74 Å². The molecule has 2 aliphatic heterocycles. The predicted octanol–water partition coefficient (Wildman–Crippen LogP) is 3.59. The van der Waals surface area contributed by atoms with Crippen molar-refractivity contribution in [2.75, 3.05) is 25.0 Å². The number of nitrogens with zero attached hydrogens (tertiary/aromatic N) is 3. The van der Waals surface area contributed by atoms with Gasteiger partial charge in [-0.05, 0) is 61.2 Å². The summed E-state index contributed by atoms with van der Waals surface area (Å²) in [6.07, 6.45) is 2.71. The largest absolute Gasteiger partial charge is 0.494 e. The third-order valence-corrected chi connectivity index (χ3v) is 7.20. The number of amides is 2. The smallest absolute Gasteiger partial charge is 0.273 e. The monoisotopic (exact) mass is 527 g/mol. The zero-order valence-corrected chi connectivity index (χ0v) is 22.2. The van der Waals surface area contributed by atoms with Gasteiger partial charge >= 0.3 is 0 Å². The summed E-state index contributed by atoms with van der Waals surface area (Å²) in [6.45, 7) is 7.21. The first kappa shape index (κ1) is 26.4. The van der Waals surface area contributed by atoms with Crippen molar-refractivity contribution in [3.63, 3.8) is 0 Å². The minimum atomic E-state index is -0.416. The molecule has 2 bridgehead atoms. The Labute approximate surface area is 227 Å². The van der Waals surface area contributed by atoms with Crippen molar-refractivity contribution in [3.05, 3.63) is 93.4 Å². The maximum atomic E-state index is 12.7. The van der Waals surface area contributed by atoms with Gasteiger partial charge < -0.3 is 14.6 Å². The van der Waals surface area contributed by atoms with Gasteiger partial charge in [0, 0.05) is 56.3 Å². The van der Waals surface area contributed by atoms with Gasteiger partial charge in [0.2, 0.25) is 5.91 Å². The standard InChI is InChI=1S/C30H33N5O4/c1-3-39-28-12-11-21(15-31-33-30(38)25-7-4-5-8-26(25)32-20(2)36)13-24(28)19-34-16-22-14-23(18-34)27-9-6-10-29(37)35(27)17-22/h4-13,15,22-23H,3,14,16-19H2,1-2H3,(H,32,36)(H,33,38)/b31-15-/t22-,23+/m1/s1. The molecule has 202 valence electrons. The fraction of sp³-hybridized carbons (Fsp3) is 0.333. The normalized spacial score (nSPS) is 18.4. The van der Waals surface area contributed by atoms with E-state index in [1.165, 1.54) is 6.92 Å². The van der Waals surface area contributed by atoms with Crippen molar-refractivity contribution in [1.29, 1.82) is 0 Å². The van der Waals surface area contributed by atoms with Crippen molar-refractivity contribution in [1.82, 2.24) is 14.9 Å². The summed E-state index contributed by atoms with van der Waals surface area (Å²) in [5, 5.41) is 6.82. The SMILES string of the molecule is CCOc1ccc(/C=N\NC(=O)c2ccccc2NC(C)=O)cc1CN1C[C@H]2C[C@@H](C1)c1cccc(=O)n1C2. The average Bonchev–Trinajstić information content (AvgIpc) is 2.91. The van der Waals surface area contributed by atoms with Gasteiger partial charge in [0.1, 0.15) is 5.75 Å². The van der Waals surface area contributed by atoms with Gasteiger partial charge in [-0.3, -0.25) is 19.3 Å². The Hall–Kier alpha value is -4.24. The van der Waals surface area contributed by atoms with Crippen molar-refractivity contribution < 1.29 is 14.3 Å². The number of anilines is 1. The molecule has 2 aliphatic rings. The maximum absolute atomic E-state index is 12.7. The number of hydrogen-bond donors (Lipinski definition) is 2. The number of hydrazone groups is 1. The van der Waals surface area contributed by atoms with Gasteiger partial charge in [-0.1, -0.05) is 18.2 Å². The van der Waals surface area contributed by atoms with E-state index in [0.29, 0.717) is 29.7 Å². The van der Waals surface area contributed by atoms with Crippen LogP contribution in [0.15, 0.2) is 70.6 Å². The van der Waals surface area contributed by atoms with E-state index in [2.05, 4.69) is 26.8 Å². The van der Waals surface area contributed by atoms with Crippen LogP contribution in [0.4, 0.5) is 5.69 Å². The highest BCUT2D eigenvalue weighted by Crippen LogP contribution is 2.36. The van der Waals surface area contributed by atoms with Crippen LogP contribution in [0.3, 0.4) is 0 Å². The molecule has 3 heterocycles. The lowest BCUT2D eigenvalue weighted by Gasteiger charge is -2.43. The molecule has 2 amide bonds. The van der Waals surface area contributed by atoms with Gasteiger partial charge in [-0.2, -0.15) is 5.10 Å². The van der Waals surface area contributed by atoms with Crippen LogP contribution < -0.4 is 21.0 Å². The lowest BCUT2D eigenvalue weighted by Crippen LogP contribution is -2.46. The number of para-hydroxylation sites is 1. The maximum Gasteiger partial charge on any atom is 0.273 e. The van der Waals surface area contributed by atoms with E-state index in [1.807, 2.05) is 35.8 Å². The van der Waals surface area contributed by atoms with Crippen LogP contribution in [0.1, 0.15) is 53.4 Å². The zero-order valence-electron chi connectivity index (χ0n) is 22.2. The molecule has 2 atom stereocenters. The van der Waals surface area contributed by atoms with Crippen LogP contribution in [0.25, 0.3) is 0 Å². The highest BCUT2D eigenvalue weighted by Gasteiger charge is 2.34. The number of hydrogen-bond acceptors (Lipinski definition) is 6. The highest BCUT2D eigenvalue weighted by atomic mass is 16.5. The van der Waals surface area contributed by atoms with E-state index in [9.17, 15) is 14.4 Å². The van der Waals surface area contributed by atoms with Gasteiger partial charge in [0.05, 0.1) is 24.1 Å². The lowest BCUT2D eigenvalue weighted by molar-refractivity contribution is -0.114. The first-order valence-electron chi connectivity index (χ1n) is 13.3. The van der Waals surface area contributed by atoms with Crippen LogP contribution in [-0.4, -0.2) is 47.2 Å². The van der Waals surface area contributed by atoms with Gasteiger partial charge in [0.15, 0.2) is 0 Å². The number of aromatic nitrogens is 1. The molecule has 0 spiro atoms. The number of likely N-dealkylation sites (tertiary alicyclic amines) is 1. The van der Waals surface area contributed by atoms with E-state index < -0.39 is 5.91 Å². The van der Waals surface area contributed by atoms with Crippen molar-refractivity contribution in [3.8, 4) is 5.75 Å². The minimum Gasteiger partial charge on any atom is -0.494 e. The summed E-state index contributed by atoms with van der Waals surface area (Å²) in [5.74, 6) is 0.932. The van der Waals surface area contributed by atoms with Gasteiger partial charge in [-0.15, -0.1) is 0 Å². The molecule has 1 saturated heterocycles. The third-order valence-electron chi connectivity index (χ3n) is 7.20. The first-order valence-corrected chi connectivity index (χ1v) is 13.3. The van der Waals surface area contributed by atoms with Crippen molar-refractivity contribution in [2.24, 2.45) is 11.0 Å². The minimum absolute atomic E-state index is 0.0898. The van der Waals surface area contributed by atoms with Crippen molar-refractivity contribution >= 4 is 23.7 Å². The molecule has 0 radical (unpaired) electrons. The number of benzene rings is 2. The number of fused-ring (bicyclic) bond motifs is 4. The summed E-state index contributed by atoms with van der Waals surface area (Å²) < 4.78 is 7.87. The third kappa shape index (κ3) is 6.09. The van der Waals surface area contributed by atoms with Crippen LogP contribution in [0, 0.1) is 5.92 Å². The van der Waals surface area contributed by atoms with E-state index >= 15 is 0 Å². The number of rotatable bonds is 8. The van der Waals surface area contributed by atoms with Crippen LogP contribution in [-0.2, 0) is 17.9 Å².